The highest BCUT2D eigenvalue weighted by Crippen LogP contribution is 2.23. The van der Waals surface area contributed by atoms with Crippen LogP contribution >= 0.6 is 0 Å². The Labute approximate surface area is 114 Å². The fourth-order valence-corrected chi connectivity index (χ4v) is 2.44. The van der Waals surface area contributed by atoms with Gasteiger partial charge in [-0.2, -0.15) is 0 Å². The van der Waals surface area contributed by atoms with Crippen LogP contribution in [0.25, 0.3) is 0 Å². The Kier molecular flexibility index (Phi) is 5.01. The van der Waals surface area contributed by atoms with E-state index in [1.54, 1.807) is 18.3 Å². The van der Waals surface area contributed by atoms with E-state index in [1.165, 1.54) is 19.3 Å². The molecule has 1 aromatic rings. The third kappa shape index (κ3) is 4.12. The van der Waals surface area contributed by atoms with Crippen LogP contribution in [0.2, 0.25) is 0 Å². The molecule has 1 aliphatic carbocycles. The van der Waals surface area contributed by atoms with Crippen molar-refractivity contribution in [1.29, 1.82) is 0 Å². The van der Waals surface area contributed by atoms with Gasteiger partial charge in [-0.15, -0.1) is 0 Å². The number of hydrogen-bond acceptors (Lipinski definition) is 4. The second-order valence-electron chi connectivity index (χ2n) is 4.99. The molecule has 0 spiro atoms. The van der Waals surface area contributed by atoms with Gasteiger partial charge in [0.15, 0.2) is 0 Å². The van der Waals surface area contributed by atoms with Crippen LogP contribution in [0, 0.1) is 5.92 Å². The maximum Gasteiger partial charge on any atom is 0.223 e. The van der Waals surface area contributed by atoms with Crippen molar-refractivity contribution in [2.24, 2.45) is 5.92 Å². The van der Waals surface area contributed by atoms with E-state index in [9.17, 15) is 4.79 Å². The molecule has 0 unspecified atom stereocenters. The number of anilines is 2. The Morgan fingerprint density at radius 2 is 2.11 bits per heavy atom. The summed E-state index contributed by atoms with van der Waals surface area (Å²) in [6.07, 6.45) is 7.39. The predicted octanol–water partition coefficient (Wildman–Crippen LogP) is 1.77. The average Bonchev–Trinajstić information content (AvgIpc) is 2.46. The quantitative estimate of drug-likeness (QED) is 0.707. The lowest BCUT2D eigenvalue weighted by Gasteiger charge is -2.20. The normalized spacial score (nSPS) is 16.0. The number of pyridine rings is 1. The predicted molar refractivity (Wildman–Crippen MR) is 76.7 cm³/mol. The number of carbonyl (C=O) groups is 1. The summed E-state index contributed by atoms with van der Waals surface area (Å²) in [5.41, 5.74) is 6.39. The Morgan fingerprint density at radius 1 is 1.32 bits per heavy atom. The third-order valence-corrected chi connectivity index (χ3v) is 3.53. The Hall–Kier alpha value is -1.78. The maximum atomic E-state index is 11.9. The summed E-state index contributed by atoms with van der Waals surface area (Å²) in [7, 11) is 0. The van der Waals surface area contributed by atoms with E-state index in [-0.39, 0.29) is 11.8 Å². The van der Waals surface area contributed by atoms with Gasteiger partial charge in [-0.3, -0.25) is 4.79 Å². The smallest absolute Gasteiger partial charge is 0.223 e. The standard InChI is InChI=1S/C14H22N4O/c15-12-7-4-8-16-13(12)17-9-10-18-14(19)11-5-2-1-3-6-11/h4,7-8,11H,1-3,5-6,9-10,15H2,(H,16,17)(H,18,19). The van der Waals surface area contributed by atoms with Crippen molar-refractivity contribution in [2.75, 3.05) is 24.1 Å². The van der Waals surface area contributed by atoms with E-state index < -0.39 is 0 Å². The van der Waals surface area contributed by atoms with E-state index in [0.29, 0.717) is 24.6 Å². The molecule has 0 aromatic carbocycles. The molecule has 1 saturated carbocycles. The largest absolute Gasteiger partial charge is 0.396 e. The Morgan fingerprint density at radius 3 is 2.84 bits per heavy atom. The zero-order valence-corrected chi connectivity index (χ0v) is 11.2. The Balaban J connectivity index is 1.66. The number of nitrogen functional groups attached to an aromatic ring is 1. The molecular formula is C14H22N4O. The maximum absolute atomic E-state index is 11.9. The number of carbonyl (C=O) groups excluding carboxylic acids is 1. The summed E-state index contributed by atoms with van der Waals surface area (Å²) in [5.74, 6) is 1.08. The van der Waals surface area contributed by atoms with Crippen LogP contribution in [-0.4, -0.2) is 24.0 Å². The van der Waals surface area contributed by atoms with Crippen molar-refractivity contribution in [1.82, 2.24) is 10.3 Å². The SMILES string of the molecule is Nc1cccnc1NCCNC(=O)C1CCCCC1. The van der Waals surface area contributed by atoms with E-state index in [0.717, 1.165) is 12.8 Å². The highest BCUT2D eigenvalue weighted by atomic mass is 16.1. The van der Waals surface area contributed by atoms with Crippen molar-refractivity contribution in [3.05, 3.63) is 18.3 Å². The summed E-state index contributed by atoms with van der Waals surface area (Å²) in [6.45, 7) is 1.24. The van der Waals surface area contributed by atoms with Gasteiger partial charge >= 0.3 is 0 Å². The lowest BCUT2D eigenvalue weighted by Crippen LogP contribution is -2.35. The Bertz CT molecular complexity index is 416. The molecule has 0 radical (unpaired) electrons. The molecule has 1 heterocycles. The van der Waals surface area contributed by atoms with E-state index >= 15 is 0 Å². The highest BCUT2D eigenvalue weighted by molar-refractivity contribution is 5.78. The van der Waals surface area contributed by atoms with Gasteiger partial charge in [-0.25, -0.2) is 4.98 Å². The second kappa shape index (κ2) is 6.97. The van der Waals surface area contributed by atoms with Crippen LogP contribution < -0.4 is 16.4 Å². The van der Waals surface area contributed by atoms with Crippen LogP contribution in [0.1, 0.15) is 32.1 Å². The minimum Gasteiger partial charge on any atom is -0.396 e. The molecule has 0 saturated heterocycles. The summed E-state index contributed by atoms with van der Waals surface area (Å²) < 4.78 is 0. The van der Waals surface area contributed by atoms with Crippen molar-refractivity contribution in [3.63, 3.8) is 0 Å². The number of rotatable bonds is 5. The van der Waals surface area contributed by atoms with E-state index in [1.807, 2.05) is 0 Å². The molecule has 1 amide bonds. The fraction of sp³-hybridized carbons (Fsp3) is 0.571. The van der Waals surface area contributed by atoms with Gasteiger partial charge in [0.2, 0.25) is 5.91 Å². The van der Waals surface area contributed by atoms with Crippen LogP contribution in [-0.2, 0) is 4.79 Å². The monoisotopic (exact) mass is 262 g/mol. The molecule has 2 rings (SSSR count). The first-order chi connectivity index (χ1) is 9.27. The van der Waals surface area contributed by atoms with Gasteiger partial charge < -0.3 is 16.4 Å². The minimum atomic E-state index is 0.190. The van der Waals surface area contributed by atoms with Gasteiger partial charge in [0.25, 0.3) is 0 Å². The molecular weight excluding hydrogens is 240 g/mol. The molecule has 0 aliphatic heterocycles. The highest BCUT2D eigenvalue weighted by Gasteiger charge is 2.20. The number of hydrogen-bond donors (Lipinski definition) is 3. The number of amides is 1. The summed E-state index contributed by atoms with van der Waals surface area (Å²) >= 11 is 0. The first-order valence-corrected chi connectivity index (χ1v) is 6.99. The molecule has 19 heavy (non-hydrogen) atoms. The average molecular weight is 262 g/mol. The first kappa shape index (κ1) is 13.6. The second-order valence-corrected chi connectivity index (χ2v) is 4.99. The zero-order chi connectivity index (χ0) is 13.5. The van der Waals surface area contributed by atoms with E-state index in [2.05, 4.69) is 15.6 Å². The number of nitrogens with one attached hydrogen (secondary N) is 2. The molecule has 1 aromatic heterocycles. The van der Waals surface area contributed by atoms with Crippen molar-refractivity contribution >= 4 is 17.4 Å². The third-order valence-electron chi connectivity index (χ3n) is 3.53. The number of nitrogens with zero attached hydrogens (tertiary/aromatic N) is 1. The minimum absolute atomic E-state index is 0.190. The van der Waals surface area contributed by atoms with Gasteiger partial charge in [0, 0.05) is 25.2 Å². The molecule has 5 nitrogen and oxygen atoms in total. The molecule has 0 bridgehead atoms. The van der Waals surface area contributed by atoms with Crippen molar-refractivity contribution in [2.45, 2.75) is 32.1 Å². The van der Waals surface area contributed by atoms with Crippen LogP contribution in [0.3, 0.4) is 0 Å². The summed E-state index contributed by atoms with van der Waals surface area (Å²) in [4.78, 5) is 16.0. The fourth-order valence-electron chi connectivity index (χ4n) is 2.44. The molecule has 0 atom stereocenters. The van der Waals surface area contributed by atoms with Gasteiger partial charge in [-0.05, 0) is 25.0 Å². The summed E-state index contributed by atoms with van der Waals surface area (Å²) in [6, 6.07) is 3.60. The topological polar surface area (TPSA) is 80.0 Å². The zero-order valence-electron chi connectivity index (χ0n) is 11.2. The van der Waals surface area contributed by atoms with Crippen LogP contribution in [0.4, 0.5) is 11.5 Å². The van der Waals surface area contributed by atoms with Crippen LogP contribution in [0.15, 0.2) is 18.3 Å². The molecule has 1 aliphatic rings. The van der Waals surface area contributed by atoms with Crippen LogP contribution in [0.5, 0.6) is 0 Å². The number of nitrogens with two attached hydrogens (primary N) is 1. The summed E-state index contributed by atoms with van der Waals surface area (Å²) in [5, 5.41) is 6.09. The lowest BCUT2D eigenvalue weighted by atomic mass is 9.89. The first-order valence-electron chi connectivity index (χ1n) is 6.99. The van der Waals surface area contributed by atoms with Gasteiger partial charge in [0.1, 0.15) is 5.82 Å². The molecule has 1 fully saturated rings. The molecule has 104 valence electrons. The van der Waals surface area contributed by atoms with Crippen molar-refractivity contribution in [3.8, 4) is 0 Å². The number of aromatic nitrogens is 1. The van der Waals surface area contributed by atoms with Crippen molar-refractivity contribution < 1.29 is 4.79 Å². The molecule has 5 heteroatoms. The van der Waals surface area contributed by atoms with Gasteiger partial charge in [-0.1, -0.05) is 19.3 Å². The van der Waals surface area contributed by atoms with E-state index in [4.69, 9.17) is 5.73 Å². The van der Waals surface area contributed by atoms with Gasteiger partial charge in [0.05, 0.1) is 5.69 Å². The molecule has 4 N–H and O–H groups in total. The lowest BCUT2D eigenvalue weighted by molar-refractivity contribution is -0.125.